The molecule has 1 atom stereocenters. The second-order valence-corrected chi connectivity index (χ2v) is 6.52. The normalized spacial score (nSPS) is 16.6. The molecule has 0 saturated carbocycles. The van der Waals surface area contributed by atoms with E-state index in [4.69, 9.17) is 4.42 Å². The molecule has 0 radical (unpaired) electrons. The molecular weight excluding hydrogens is 389 g/mol. The van der Waals surface area contributed by atoms with Gasteiger partial charge in [-0.05, 0) is 18.2 Å². The molecule has 8 nitrogen and oxygen atoms in total. The monoisotopic (exact) mass is 402 g/mol. The van der Waals surface area contributed by atoms with Gasteiger partial charge >= 0.3 is 6.55 Å². The summed E-state index contributed by atoms with van der Waals surface area (Å²) >= 11 is 0. The molecule has 1 aliphatic rings. The average molecular weight is 402 g/mol. The van der Waals surface area contributed by atoms with Gasteiger partial charge in [-0.25, -0.2) is 14.4 Å². The lowest BCUT2D eigenvalue weighted by Gasteiger charge is -2.33. The van der Waals surface area contributed by atoms with Crippen LogP contribution in [0.2, 0.25) is 0 Å². The third-order valence-corrected chi connectivity index (χ3v) is 4.86. The molecular formula is C18H13F3N6O2. The fourth-order valence-corrected chi connectivity index (χ4v) is 3.57. The maximum absolute atomic E-state index is 13.5. The van der Waals surface area contributed by atoms with Gasteiger partial charge in [0.05, 0.1) is 12.0 Å². The van der Waals surface area contributed by atoms with Gasteiger partial charge in [-0.2, -0.15) is 18.6 Å². The van der Waals surface area contributed by atoms with E-state index in [1.807, 2.05) is 0 Å². The molecule has 1 amide bonds. The van der Waals surface area contributed by atoms with Gasteiger partial charge in [-0.3, -0.25) is 4.79 Å². The van der Waals surface area contributed by atoms with Crippen molar-refractivity contribution in [1.82, 2.24) is 29.6 Å². The van der Waals surface area contributed by atoms with E-state index in [1.54, 1.807) is 0 Å². The highest BCUT2D eigenvalue weighted by Gasteiger charge is 2.39. The number of aromatic amines is 1. The zero-order valence-electron chi connectivity index (χ0n) is 14.7. The Hall–Kier alpha value is -3.63. The molecule has 4 aromatic rings. The summed E-state index contributed by atoms with van der Waals surface area (Å²) in [5.74, 6) is -1.02. The molecule has 0 saturated heterocycles. The maximum atomic E-state index is 13.5. The summed E-state index contributed by atoms with van der Waals surface area (Å²) in [5.41, 5.74) is 1.66. The van der Waals surface area contributed by atoms with Crippen molar-refractivity contribution in [1.29, 1.82) is 0 Å². The number of rotatable bonds is 3. The second-order valence-electron chi connectivity index (χ2n) is 6.52. The van der Waals surface area contributed by atoms with E-state index < -0.39 is 24.3 Å². The van der Waals surface area contributed by atoms with Crippen LogP contribution in [0.25, 0.3) is 11.1 Å². The summed E-state index contributed by atoms with van der Waals surface area (Å²) in [7, 11) is 0. The van der Waals surface area contributed by atoms with Crippen molar-refractivity contribution in [2.24, 2.45) is 0 Å². The Bertz CT molecular complexity index is 1210. The number of carbonyl (C=O) groups is 1. The van der Waals surface area contributed by atoms with Crippen LogP contribution in [-0.2, 0) is 6.42 Å². The lowest BCUT2D eigenvalue weighted by Crippen LogP contribution is -2.41. The van der Waals surface area contributed by atoms with Crippen LogP contribution >= 0.6 is 0 Å². The number of carbonyl (C=O) groups excluding carboxylic acids is 1. The van der Waals surface area contributed by atoms with Crippen molar-refractivity contribution in [2.45, 2.75) is 19.0 Å². The van der Waals surface area contributed by atoms with Gasteiger partial charge in [0.25, 0.3) is 5.91 Å². The van der Waals surface area contributed by atoms with E-state index in [2.05, 4.69) is 20.1 Å². The van der Waals surface area contributed by atoms with Crippen LogP contribution in [0.4, 0.5) is 13.2 Å². The van der Waals surface area contributed by atoms with Gasteiger partial charge in [0.1, 0.15) is 17.0 Å². The van der Waals surface area contributed by atoms with Crippen LogP contribution in [0.5, 0.6) is 0 Å². The lowest BCUT2D eigenvalue weighted by atomic mass is 10.0. The summed E-state index contributed by atoms with van der Waals surface area (Å²) in [6.07, 6.45) is 3.08. The lowest BCUT2D eigenvalue weighted by molar-refractivity contribution is 0.0435. The molecule has 29 heavy (non-hydrogen) atoms. The molecule has 1 N–H and O–H groups in total. The summed E-state index contributed by atoms with van der Waals surface area (Å²) in [5, 5.41) is 3.52. The number of halogens is 3. The fourth-order valence-electron chi connectivity index (χ4n) is 3.57. The molecule has 4 heterocycles. The van der Waals surface area contributed by atoms with Gasteiger partial charge in [0.15, 0.2) is 11.6 Å². The molecule has 1 aliphatic heterocycles. The van der Waals surface area contributed by atoms with Crippen LogP contribution in [-0.4, -0.2) is 42.1 Å². The zero-order valence-corrected chi connectivity index (χ0v) is 14.7. The van der Waals surface area contributed by atoms with Crippen molar-refractivity contribution in [3.8, 4) is 0 Å². The number of benzene rings is 1. The molecule has 1 aromatic carbocycles. The number of nitrogens with zero attached hydrogens (tertiary/aromatic N) is 5. The molecule has 5 rings (SSSR count). The van der Waals surface area contributed by atoms with Gasteiger partial charge < -0.3 is 14.3 Å². The summed E-state index contributed by atoms with van der Waals surface area (Å²) in [4.78, 5) is 26.2. The molecule has 0 bridgehead atoms. The molecule has 0 spiro atoms. The zero-order chi connectivity index (χ0) is 20.1. The first-order valence-electron chi connectivity index (χ1n) is 8.73. The number of nitrogens with one attached hydrogen (secondary N) is 1. The van der Waals surface area contributed by atoms with Crippen LogP contribution in [0.3, 0.4) is 0 Å². The third kappa shape index (κ3) is 2.77. The first kappa shape index (κ1) is 17.5. The average Bonchev–Trinajstić information content (AvgIpc) is 3.43. The van der Waals surface area contributed by atoms with Gasteiger partial charge in [-0.1, -0.05) is 0 Å². The summed E-state index contributed by atoms with van der Waals surface area (Å²) < 4.78 is 46.1. The Morgan fingerprint density at radius 1 is 1.31 bits per heavy atom. The number of alkyl halides is 2. The maximum Gasteiger partial charge on any atom is 0.333 e. The standard InChI is InChI=1S/C18H13F3N6O2/c19-9-1-2-10-13(7-9)29-16(25-10)15-14-11(22-8-23-14)4-6-26(15)17(28)12-3-5-24-27(12)18(20)21/h1-3,5,7-8,15,18H,4,6H2,(H,22,23)/t15-/m0/s1. The Morgan fingerprint density at radius 3 is 3.00 bits per heavy atom. The van der Waals surface area contributed by atoms with Gasteiger partial charge in [0.2, 0.25) is 5.89 Å². The molecule has 0 unspecified atom stereocenters. The number of amides is 1. The highest BCUT2D eigenvalue weighted by molar-refractivity contribution is 5.93. The number of aromatic nitrogens is 5. The van der Waals surface area contributed by atoms with Crippen LogP contribution in [0.1, 0.15) is 40.4 Å². The molecule has 0 aliphatic carbocycles. The van der Waals surface area contributed by atoms with Crippen molar-refractivity contribution < 1.29 is 22.4 Å². The van der Waals surface area contributed by atoms with Gasteiger partial charge in [0, 0.05) is 30.9 Å². The van der Waals surface area contributed by atoms with Crippen LogP contribution in [0.15, 0.2) is 41.2 Å². The Morgan fingerprint density at radius 2 is 2.17 bits per heavy atom. The molecule has 0 fully saturated rings. The van der Waals surface area contributed by atoms with E-state index in [-0.39, 0.29) is 23.7 Å². The number of fused-ring (bicyclic) bond motifs is 2. The number of H-pyrrole nitrogens is 1. The quantitative estimate of drug-likeness (QED) is 0.569. The second kappa shape index (κ2) is 6.47. The van der Waals surface area contributed by atoms with E-state index >= 15 is 0 Å². The van der Waals surface area contributed by atoms with Crippen molar-refractivity contribution in [3.05, 3.63) is 65.6 Å². The third-order valence-electron chi connectivity index (χ3n) is 4.86. The topological polar surface area (TPSA) is 92.8 Å². The van der Waals surface area contributed by atoms with E-state index in [1.165, 1.54) is 35.5 Å². The SMILES string of the molecule is O=C(c1ccnn1C(F)F)N1CCc2[nH]cnc2[C@H]1c1nc2ccc(F)cc2o1. The van der Waals surface area contributed by atoms with E-state index in [0.29, 0.717) is 22.3 Å². The van der Waals surface area contributed by atoms with E-state index in [9.17, 15) is 18.0 Å². The number of hydrogen-bond acceptors (Lipinski definition) is 5. The minimum Gasteiger partial charge on any atom is -0.438 e. The molecule has 11 heteroatoms. The largest absolute Gasteiger partial charge is 0.438 e. The number of imidazole rings is 1. The Kier molecular flexibility index (Phi) is 3.89. The fraction of sp³-hybridized carbons (Fsp3) is 0.222. The van der Waals surface area contributed by atoms with Crippen LogP contribution < -0.4 is 0 Å². The predicted octanol–water partition coefficient (Wildman–Crippen LogP) is 3.07. The Balaban J connectivity index is 1.62. The predicted molar refractivity (Wildman–Crippen MR) is 92.6 cm³/mol. The summed E-state index contributed by atoms with van der Waals surface area (Å²) in [6, 6.07) is 4.28. The smallest absolute Gasteiger partial charge is 0.333 e. The number of oxazole rings is 1. The first-order chi connectivity index (χ1) is 14.0. The highest BCUT2D eigenvalue weighted by Crippen LogP contribution is 2.35. The summed E-state index contributed by atoms with van der Waals surface area (Å²) in [6.45, 7) is -2.74. The van der Waals surface area contributed by atoms with Gasteiger partial charge in [-0.15, -0.1) is 0 Å². The highest BCUT2D eigenvalue weighted by atomic mass is 19.3. The minimum atomic E-state index is -2.96. The molecule has 3 aromatic heterocycles. The molecule has 148 valence electrons. The van der Waals surface area contributed by atoms with E-state index in [0.717, 1.165) is 11.9 Å². The van der Waals surface area contributed by atoms with Crippen molar-refractivity contribution in [2.75, 3.05) is 6.54 Å². The first-order valence-corrected chi connectivity index (χ1v) is 8.73. The minimum absolute atomic E-state index is 0.120. The number of hydrogen-bond donors (Lipinski definition) is 1. The van der Waals surface area contributed by atoms with Crippen molar-refractivity contribution >= 4 is 17.0 Å². The van der Waals surface area contributed by atoms with Crippen LogP contribution in [0, 0.1) is 5.82 Å². The Labute approximate surface area is 161 Å². The van der Waals surface area contributed by atoms with Crippen molar-refractivity contribution in [3.63, 3.8) is 0 Å².